The van der Waals surface area contributed by atoms with Gasteiger partial charge in [0.25, 0.3) is 5.91 Å². The van der Waals surface area contributed by atoms with Crippen LogP contribution in [0.3, 0.4) is 0 Å². The van der Waals surface area contributed by atoms with E-state index in [2.05, 4.69) is 39.1 Å². The number of likely N-dealkylation sites (tertiary alicyclic amines) is 1. The van der Waals surface area contributed by atoms with E-state index in [0.29, 0.717) is 6.04 Å². The molecule has 27 heavy (non-hydrogen) atoms. The highest BCUT2D eigenvalue weighted by molar-refractivity contribution is 5.96. The molecule has 0 unspecified atom stereocenters. The highest BCUT2D eigenvalue weighted by Crippen LogP contribution is 2.26. The molecule has 2 aliphatic rings. The van der Waals surface area contributed by atoms with Crippen LogP contribution in [0.5, 0.6) is 0 Å². The van der Waals surface area contributed by atoms with Crippen molar-refractivity contribution in [2.45, 2.75) is 57.9 Å². The number of fused-ring (bicyclic) bond motifs is 1. The van der Waals surface area contributed by atoms with Gasteiger partial charge in [-0.05, 0) is 82.6 Å². The molecule has 1 saturated heterocycles. The molecule has 0 bridgehead atoms. The summed E-state index contributed by atoms with van der Waals surface area (Å²) in [6.07, 6.45) is 10.9. The van der Waals surface area contributed by atoms with E-state index in [-0.39, 0.29) is 5.91 Å². The highest BCUT2D eigenvalue weighted by Gasteiger charge is 2.24. The van der Waals surface area contributed by atoms with Gasteiger partial charge in [0.15, 0.2) is 11.0 Å². The summed E-state index contributed by atoms with van der Waals surface area (Å²) < 4.78 is 2.35. The first-order valence-electron chi connectivity index (χ1n) is 10.7. The van der Waals surface area contributed by atoms with Gasteiger partial charge < -0.3 is 10.2 Å². The largest absolute Gasteiger partial charge is 0.352 e. The first kappa shape index (κ1) is 18.5. The summed E-state index contributed by atoms with van der Waals surface area (Å²) in [6, 6.07) is 6.65. The number of aromatic amines is 1. The normalized spacial score (nSPS) is 19.7. The van der Waals surface area contributed by atoms with Gasteiger partial charge >= 0.3 is 0 Å². The number of rotatable bonds is 6. The Morgan fingerprint density at radius 2 is 2.00 bits per heavy atom. The van der Waals surface area contributed by atoms with E-state index >= 15 is 0 Å². The number of benzene rings is 1. The van der Waals surface area contributed by atoms with Crippen molar-refractivity contribution in [3.8, 4) is 0 Å². The Labute approximate surface area is 162 Å². The van der Waals surface area contributed by atoms with Crippen molar-refractivity contribution in [2.75, 3.05) is 26.2 Å². The Kier molecular flexibility index (Phi) is 5.77. The number of carbonyl (C=O) groups excluding carboxylic acids is 1. The summed E-state index contributed by atoms with van der Waals surface area (Å²) in [7, 11) is 0. The summed E-state index contributed by atoms with van der Waals surface area (Å²) >= 11 is 0. The maximum absolute atomic E-state index is 12.5. The van der Waals surface area contributed by atoms with Crippen LogP contribution in [0.25, 0.3) is 11.0 Å². The summed E-state index contributed by atoms with van der Waals surface area (Å²) in [5.41, 5.74) is 3.00. The topological polar surface area (TPSA) is 52.0 Å². The van der Waals surface area contributed by atoms with Crippen molar-refractivity contribution >= 4 is 16.9 Å². The van der Waals surface area contributed by atoms with Crippen molar-refractivity contribution in [3.05, 3.63) is 30.1 Å². The second kappa shape index (κ2) is 8.42. The Bertz CT molecular complexity index is 770. The molecular weight excluding hydrogens is 336 g/mol. The van der Waals surface area contributed by atoms with Crippen LogP contribution in [0.15, 0.2) is 24.5 Å². The molecule has 1 amide bonds. The van der Waals surface area contributed by atoms with Crippen LogP contribution < -0.4 is 9.88 Å². The minimum absolute atomic E-state index is 0.0335. The summed E-state index contributed by atoms with van der Waals surface area (Å²) in [5.74, 6) is 0.905. The quantitative estimate of drug-likeness (QED) is 0.605. The molecule has 2 fully saturated rings. The third-order valence-electron chi connectivity index (χ3n) is 6.43. The fraction of sp³-hybridized carbons (Fsp3) is 0.636. The number of amides is 1. The van der Waals surface area contributed by atoms with Crippen LogP contribution in [0.4, 0.5) is 0 Å². The third kappa shape index (κ3) is 4.34. The van der Waals surface area contributed by atoms with Crippen molar-refractivity contribution in [1.82, 2.24) is 15.2 Å². The number of aromatic nitrogens is 2. The van der Waals surface area contributed by atoms with Gasteiger partial charge in [-0.3, -0.25) is 4.79 Å². The lowest BCUT2D eigenvalue weighted by Crippen LogP contribution is -2.36. The average Bonchev–Trinajstić information content (AvgIpc) is 3.35. The van der Waals surface area contributed by atoms with Crippen LogP contribution >= 0.6 is 0 Å². The molecule has 1 aromatic heterocycles. The Morgan fingerprint density at radius 1 is 1.22 bits per heavy atom. The monoisotopic (exact) mass is 369 g/mol. The molecule has 1 aliphatic heterocycles. The maximum Gasteiger partial charge on any atom is 0.251 e. The number of H-pyrrole nitrogens is 1. The first-order valence-corrected chi connectivity index (χ1v) is 10.7. The molecule has 1 saturated carbocycles. The number of hydrogen-bond acceptors (Lipinski definition) is 2. The molecule has 1 aromatic carbocycles. The van der Waals surface area contributed by atoms with Gasteiger partial charge in [0.05, 0.1) is 0 Å². The van der Waals surface area contributed by atoms with E-state index in [1.54, 1.807) is 0 Å². The minimum atomic E-state index is 0.0335. The lowest BCUT2D eigenvalue weighted by molar-refractivity contribution is -0.697. The molecule has 2 heterocycles. The first-order chi connectivity index (χ1) is 13.2. The Balaban J connectivity index is 1.29. The minimum Gasteiger partial charge on any atom is -0.352 e. The van der Waals surface area contributed by atoms with Gasteiger partial charge in [-0.15, -0.1) is 0 Å². The van der Waals surface area contributed by atoms with Gasteiger partial charge in [-0.25, -0.2) is 9.55 Å². The van der Waals surface area contributed by atoms with Crippen LogP contribution in [0.1, 0.15) is 68.3 Å². The molecular formula is C22H33N4O+. The van der Waals surface area contributed by atoms with E-state index in [1.807, 2.05) is 12.1 Å². The smallest absolute Gasteiger partial charge is 0.251 e. The summed E-state index contributed by atoms with van der Waals surface area (Å²) in [6.45, 7) is 6.59. The number of nitrogens with zero attached hydrogens (tertiary/aromatic N) is 2. The molecule has 4 rings (SSSR count). The van der Waals surface area contributed by atoms with Crippen LogP contribution in [-0.4, -0.2) is 42.0 Å². The van der Waals surface area contributed by atoms with Gasteiger partial charge in [0.2, 0.25) is 6.33 Å². The van der Waals surface area contributed by atoms with Gasteiger partial charge in [-0.1, -0.05) is 6.92 Å². The molecule has 1 aliphatic carbocycles. The van der Waals surface area contributed by atoms with E-state index in [1.165, 1.54) is 57.1 Å². The molecule has 0 atom stereocenters. The zero-order valence-corrected chi connectivity index (χ0v) is 16.5. The lowest BCUT2D eigenvalue weighted by Gasteiger charge is -2.30. The molecule has 0 spiro atoms. The second-order valence-corrected chi connectivity index (χ2v) is 8.48. The van der Waals surface area contributed by atoms with E-state index < -0.39 is 0 Å². The zero-order valence-electron chi connectivity index (χ0n) is 16.5. The van der Waals surface area contributed by atoms with Gasteiger partial charge in [-0.2, -0.15) is 0 Å². The molecule has 5 heteroatoms. The van der Waals surface area contributed by atoms with Crippen molar-refractivity contribution in [2.24, 2.45) is 5.92 Å². The summed E-state index contributed by atoms with van der Waals surface area (Å²) in [5, 5.41) is 3.09. The average molecular weight is 370 g/mol. The van der Waals surface area contributed by atoms with Crippen LogP contribution in [0, 0.1) is 5.92 Å². The van der Waals surface area contributed by atoms with E-state index in [0.717, 1.165) is 36.5 Å². The predicted molar refractivity (Wildman–Crippen MR) is 108 cm³/mol. The Morgan fingerprint density at radius 3 is 2.78 bits per heavy atom. The second-order valence-electron chi connectivity index (χ2n) is 8.48. The Hall–Kier alpha value is -1.88. The van der Waals surface area contributed by atoms with Crippen molar-refractivity contribution < 1.29 is 9.36 Å². The molecule has 2 N–H and O–H groups in total. The number of imidazole rings is 1. The SMILES string of the molecule is CC1CCN(CCCNC(=O)c2ccc3c(c2)[nH]c[n+]3C2CCCC2)CC1. The van der Waals surface area contributed by atoms with Gasteiger partial charge in [0, 0.05) is 18.2 Å². The number of hydrogen-bond donors (Lipinski definition) is 2. The highest BCUT2D eigenvalue weighted by atomic mass is 16.1. The van der Waals surface area contributed by atoms with E-state index in [4.69, 9.17) is 0 Å². The lowest BCUT2D eigenvalue weighted by atomic mass is 9.99. The third-order valence-corrected chi connectivity index (χ3v) is 6.43. The molecule has 146 valence electrons. The fourth-order valence-corrected chi connectivity index (χ4v) is 4.60. The fourth-order valence-electron chi connectivity index (χ4n) is 4.60. The van der Waals surface area contributed by atoms with Crippen molar-refractivity contribution in [1.29, 1.82) is 0 Å². The molecule has 5 nitrogen and oxygen atoms in total. The van der Waals surface area contributed by atoms with E-state index in [9.17, 15) is 4.79 Å². The van der Waals surface area contributed by atoms with Crippen LogP contribution in [0.2, 0.25) is 0 Å². The maximum atomic E-state index is 12.5. The van der Waals surface area contributed by atoms with Crippen LogP contribution in [-0.2, 0) is 0 Å². The molecule has 2 aromatic rings. The number of piperidine rings is 1. The predicted octanol–water partition coefficient (Wildman–Crippen LogP) is 3.42. The van der Waals surface area contributed by atoms with Gasteiger partial charge in [0.1, 0.15) is 6.04 Å². The zero-order chi connectivity index (χ0) is 18.6. The van der Waals surface area contributed by atoms with Crippen molar-refractivity contribution in [3.63, 3.8) is 0 Å². The molecule has 0 radical (unpaired) electrons. The number of nitrogens with one attached hydrogen (secondary N) is 2. The summed E-state index contributed by atoms with van der Waals surface area (Å²) in [4.78, 5) is 18.4. The standard InChI is InChI=1S/C22H32N4O/c1-17-9-13-25(14-10-17)12-4-11-23-22(27)18-7-8-21-20(15-18)24-16-26(21)19-5-2-3-6-19/h7-8,15-17,19H,2-6,9-14H2,1H3,(H,23,27)/p+1. The number of carbonyl (C=O) groups is 1.